The summed E-state index contributed by atoms with van der Waals surface area (Å²) in [5.41, 5.74) is 0.469. The van der Waals surface area contributed by atoms with Crippen LogP contribution in [-0.4, -0.2) is 40.2 Å². The summed E-state index contributed by atoms with van der Waals surface area (Å²) in [5.74, 6) is 0.390. The summed E-state index contributed by atoms with van der Waals surface area (Å²) in [6.45, 7) is 0.686. The number of aryl methyl sites for hydroxylation is 1. The SMILES string of the molecule is Cn1nc(C2CCCN(S(=O)(=O)c3cccc(Cl)c3)C2)n(-c2ccccc2)c1=O. The molecule has 0 saturated carbocycles. The molecule has 1 atom stereocenters. The maximum Gasteiger partial charge on any atom is 0.350 e. The maximum atomic E-state index is 13.1. The van der Waals surface area contributed by atoms with Crippen molar-refractivity contribution in [2.45, 2.75) is 23.7 Å². The van der Waals surface area contributed by atoms with E-state index in [2.05, 4.69) is 5.10 Å². The fourth-order valence-electron chi connectivity index (χ4n) is 3.72. The molecule has 29 heavy (non-hydrogen) atoms. The van der Waals surface area contributed by atoms with Crippen LogP contribution in [0.25, 0.3) is 5.69 Å². The topological polar surface area (TPSA) is 77.2 Å². The zero-order valence-corrected chi connectivity index (χ0v) is 17.5. The fraction of sp³-hybridized carbons (Fsp3) is 0.300. The van der Waals surface area contributed by atoms with Crippen molar-refractivity contribution in [1.29, 1.82) is 0 Å². The lowest BCUT2D eigenvalue weighted by Crippen LogP contribution is -2.40. The minimum atomic E-state index is -3.68. The Kier molecular flexibility index (Phi) is 5.33. The molecule has 0 amide bonds. The van der Waals surface area contributed by atoms with Gasteiger partial charge in [0.1, 0.15) is 5.82 Å². The van der Waals surface area contributed by atoms with Crippen LogP contribution >= 0.6 is 11.6 Å². The summed E-state index contributed by atoms with van der Waals surface area (Å²) in [5, 5.41) is 4.82. The molecule has 152 valence electrons. The first-order valence-electron chi connectivity index (χ1n) is 9.35. The number of nitrogens with zero attached hydrogens (tertiary/aromatic N) is 4. The molecule has 1 aromatic heterocycles. The average molecular weight is 433 g/mol. The van der Waals surface area contributed by atoms with Gasteiger partial charge in [-0.05, 0) is 43.2 Å². The number of halogens is 1. The van der Waals surface area contributed by atoms with Gasteiger partial charge < -0.3 is 0 Å². The summed E-state index contributed by atoms with van der Waals surface area (Å²) in [6, 6.07) is 15.6. The van der Waals surface area contributed by atoms with Gasteiger partial charge in [-0.15, -0.1) is 0 Å². The standard InChI is InChI=1S/C20H21ClN4O3S/c1-23-20(26)25(17-9-3-2-4-10-17)19(22-23)15-7-6-12-24(14-15)29(27,28)18-11-5-8-16(21)13-18/h2-5,8-11,13,15H,6-7,12,14H2,1H3. The van der Waals surface area contributed by atoms with E-state index in [1.807, 2.05) is 30.3 Å². The van der Waals surface area contributed by atoms with Gasteiger partial charge in [0, 0.05) is 31.1 Å². The molecule has 1 unspecified atom stereocenters. The van der Waals surface area contributed by atoms with Crippen molar-refractivity contribution >= 4 is 21.6 Å². The molecular formula is C20H21ClN4O3S. The van der Waals surface area contributed by atoms with Crippen LogP contribution in [0.5, 0.6) is 0 Å². The Bertz CT molecular complexity index is 1190. The van der Waals surface area contributed by atoms with E-state index in [9.17, 15) is 13.2 Å². The Balaban J connectivity index is 1.70. The third kappa shape index (κ3) is 3.75. The molecule has 0 spiro atoms. The van der Waals surface area contributed by atoms with Crippen molar-refractivity contribution in [3.8, 4) is 5.69 Å². The Hall–Kier alpha value is -2.42. The van der Waals surface area contributed by atoms with Gasteiger partial charge in [-0.25, -0.2) is 22.5 Å². The Morgan fingerprint density at radius 3 is 2.59 bits per heavy atom. The molecule has 1 aliphatic rings. The molecule has 1 aliphatic heterocycles. The third-order valence-corrected chi connectivity index (χ3v) is 7.24. The average Bonchev–Trinajstić information content (AvgIpc) is 3.03. The smallest absolute Gasteiger partial charge is 0.247 e. The van der Waals surface area contributed by atoms with Crippen LogP contribution in [-0.2, 0) is 17.1 Å². The summed E-state index contributed by atoms with van der Waals surface area (Å²) in [7, 11) is -2.07. The van der Waals surface area contributed by atoms with E-state index >= 15 is 0 Å². The predicted molar refractivity (Wildman–Crippen MR) is 111 cm³/mol. The van der Waals surface area contributed by atoms with Crippen LogP contribution in [0.15, 0.2) is 64.3 Å². The van der Waals surface area contributed by atoms with Crippen LogP contribution in [0.2, 0.25) is 5.02 Å². The first-order chi connectivity index (χ1) is 13.9. The number of sulfonamides is 1. The second-order valence-electron chi connectivity index (χ2n) is 7.09. The van der Waals surface area contributed by atoms with Gasteiger partial charge >= 0.3 is 5.69 Å². The quantitative estimate of drug-likeness (QED) is 0.635. The summed E-state index contributed by atoms with van der Waals surface area (Å²) in [6.07, 6.45) is 1.44. The van der Waals surface area contributed by atoms with Gasteiger partial charge in [0.2, 0.25) is 10.0 Å². The normalized spacial score (nSPS) is 18.1. The van der Waals surface area contributed by atoms with Crippen LogP contribution in [0.4, 0.5) is 0 Å². The number of hydrogen-bond acceptors (Lipinski definition) is 4. The highest BCUT2D eigenvalue weighted by Crippen LogP contribution is 2.30. The molecule has 4 rings (SSSR count). The van der Waals surface area contributed by atoms with Crippen LogP contribution < -0.4 is 5.69 Å². The highest BCUT2D eigenvalue weighted by Gasteiger charge is 2.34. The van der Waals surface area contributed by atoms with Gasteiger partial charge in [-0.1, -0.05) is 35.9 Å². The lowest BCUT2D eigenvalue weighted by atomic mass is 9.98. The first-order valence-corrected chi connectivity index (χ1v) is 11.2. The minimum Gasteiger partial charge on any atom is -0.247 e. The third-order valence-electron chi connectivity index (χ3n) is 5.15. The van der Waals surface area contributed by atoms with Crippen LogP contribution in [0, 0.1) is 0 Å². The second kappa shape index (κ2) is 7.78. The molecule has 0 N–H and O–H groups in total. The molecule has 0 bridgehead atoms. The Labute approximate surface area is 174 Å². The lowest BCUT2D eigenvalue weighted by Gasteiger charge is -2.31. The molecule has 0 aliphatic carbocycles. The zero-order valence-electron chi connectivity index (χ0n) is 15.9. The predicted octanol–water partition coefficient (Wildman–Crippen LogP) is 2.79. The van der Waals surface area contributed by atoms with E-state index in [1.165, 1.54) is 15.1 Å². The first kappa shape index (κ1) is 19.9. The maximum absolute atomic E-state index is 13.1. The molecule has 3 aromatic rings. The molecule has 1 fully saturated rings. The van der Waals surface area contributed by atoms with Crippen molar-refractivity contribution < 1.29 is 8.42 Å². The van der Waals surface area contributed by atoms with E-state index in [-0.39, 0.29) is 23.0 Å². The van der Waals surface area contributed by atoms with E-state index in [1.54, 1.807) is 29.8 Å². The van der Waals surface area contributed by atoms with Crippen molar-refractivity contribution in [3.63, 3.8) is 0 Å². The Morgan fingerprint density at radius 2 is 1.86 bits per heavy atom. The zero-order chi connectivity index (χ0) is 20.6. The monoisotopic (exact) mass is 432 g/mol. The highest BCUT2D eigenvalue weighted by molar-refractivity contribution is 7.89. The van der Waals surface area contributed by atoms with Crippen LogP contribution in [0.3, 0.4) is 0 Å². The number of piperidine rings is 1. The van der Waals surface area contributed by atoms with E-state index < -0.39 is 10.0 Å². The van der Waals surface area contributed by atoms with Crippen molar-refractivity contribution in [2.75, 3.05) is 13.1 Å². The fourth-order valence-corrected chi connectivity index (χ4v) is 5.54. The molecule has 7 nitrogen and oxygen atoms in total. The summed E-state index contributed by atoms with van der Waals surface area (Å²) in [4.78, 5) is 12.9. The van der Waals surface area contributed by atoms with Crippen molar-refractivity contribution in [3.05, 3.63) is 75.9 Å². The van der Waals surface area contributed by atoms with E-state index in [0.29, 0.717) is 23.8 Å². The van der Waals surface area contributed by atoms with Crippen molar-refractivity contribution in [2.24, 2.45) is 7.05 Å². The largest absolute Gasteiger partial charge is 0.350 e. The number of hydrogen-bond donors (Lipinski definition) is 0. The lowest BCUT2D eigenvalue weighted by molar-refractivity contribution is 0.307. The Morgan fingerprint density at radius 1 is 1.10 bits per heavy atom. The van der Waals surface area contributed by atoms with Gasteiger partial charge in [0.15, 0.2) is 0 Å². The number of aromatic nitrogens is 3. The van der Waals surface area contributed by atoms with Gasteiger partial charge in [-0.3, -0.25) is 0 Å². The molecule has 2 aromatic carbocycles. The van der Waals surface area contributed by atoms with Gasteiger partial charge in [0.05, 0.1) is 10.6 Å². The summed E-state index contributed by atoms with van der Waals surface area (Å²) < 4.78 is 30.6. The highest BCUT2D eigenvalue weighted by atomic mass is 35.5. The molecule has 9 heteroatoms. The van der Waals surface area contributed by atoms with Crippen LogP contribution in [0.1, 0.15) is 24.6 Å². The van der Waals surface area contributed by atoms with Crippen molar-refractivity contribution in [1.82, 2.24) is 18.7 Å². The van der Waals surface area contributed by atoms with Gasteiger partial charge in [0.25, 0.3) is 0 Å². The molecule has 0 radical (unpaired) electrons. The van der Waals surface area contributed by atoms with Gasteiger partial charge in [-0.2, -0.15) is 9.40 Å². The number of benzene rings is 2. The van der Waals surface area contributed by atoms with E-state index in [4.69, 9.17) is 11.6 Å². The minimum absolute atomic E-state index is 0.173. The number of para-hydroxylation sites is 1. The van der Waals surface area contributed by atoms with E-state index in [0.717, 1.165) is 12.1 Å². The molecular weight excluding hydrogens is 412 g/mol. The molecule has 1 saturated heterocycles. The second-order valence-corrected chi connectivity index (χ2v) is 9.47. The summed E-state index contributed by atoms with van der Waals surface area (Å²) >= 11 is 5.99. The number of rotatable bonds is 4. The molecule has 2 heterocycles.